The second kappa shape index (κ2) is 8.62. The summed E-state index contributed by atoms with van der Waals surface area (Å²) in [5.41, 5.74) is 2.86. The minimum Gasteiger partial charge on any atom is -0.380 e. The van der Waals surface area contributed by atoms with E-state index in [0.717, 1.165) is 32.6 Å². The molecule has 4 rings (SSSR count). The zero-order valence-electron chi connectivity index (χ0n) is 16.8. The molecular weight excluding hydrogens is 362 g/mol. The van der Waals surface area contributed by atoms with Crippen LogP contribution in [-0.4, -0.2) is 44.7 Å². The minimum atomic E-state index is -0.380. The Morgan fingerprint density at radius 1 is 0.828 bits per heavy atom. The van der Waals surface area contributed by atoms with Gasteiger partial charge in [0.1, 0.15) is 11.4 Å². The van der Waals surface area contributed by atoms with Gasteiger partial charge >= 0.3 is 0 Å². The average molecular weight is 389 g/mol. The minimum absolute atomic E-state index is 0.239. The van der Waals surface area contributed by atoms with Crippen LogP contribution in [0, 0.1) is 0 Å². The third-order valence-electron chi connectivity index (χ3n) is 5.84. The Morgan fingerprint density at radius 3 is 1.93 bits per heavy atom. The van der Waals surface area contributed by atoms with Crippen molar-refractivity contribution in [3.8, 4) is 0 Å². The van der Waals surface area contributed by atoms with Crippen LogP contribution in [0.5, 0.6) is 0 Å². The van der Waals surface area contributed by atoms with Crippen molar-refractivity contribution < 1.29 is 0 Å². The molecule has 1 aliphatic rings. The lowest BCUT2D eigenvalue weighted by Crippen LogP contribution is -2.50. The van der Waals surface area contributed by atoms with Gasteiger partial charge in [-0.15, -0.1) is 0 Å². The number of nitrogens with one attached hydrogen (secondary N) is 1. The molecule has 0 bridgehead atoms. The quantitative estimate of drug-likeness (QED) is 0.630. The van der Waals surface area contributed by atoms with Crippen molar-refractivity contribution in [2.24, 2.45) is 0 Å². The summed E-state index contributed by atoms with van der Waals surface area (Å²) in [5.74, 6) is 0.239. The number of likely N-dealkylation sites (N-methyl/N-ethyl adjacent to an activating group) is 1. The highest BCUT2D eigenvalue weighted by molar-refractivity contribution is 5.75. The van der Waals surface area contributed by atoms with Gasteiger partial charge in [0.25, 0.3) is 10.9 Å². The lowest BCUT2D eigenvalue weighted by atomic mass is 9.88. The topological polar surface area (TPSA) is 52.6 Å². The molecule has 0 amide bonds. The number of nitrogens with zero attached hydrogens (tertiary/aromatic N) is 2. The number of anilines is 2. The summed E-state index contributed by atoms with van der Waals surface area (Å²) in [6, 6.07) is 20.8. The summed E-state index contributed by atoms with van der Waals surface area (Å²) in [7, 11) is 2.08. The highest BCUT2D eigenvalue weighted by atomic mass is 16.2. The predicted molar refractivity (Wildman–Crippen MR) is 119 cm³/mol. The van der Waals surface area contributed by atoms with E-state index in [4.69, 9.17) is 0 Å². The molecule has 0 saturated carbocycles. The fourth-order valence-corrected chi connectivity index (χ4v) is 4.11. The standard InChI is InChI=1S/C24H27N3O2/c1-26-14-16-27(17-15-26)22-21(23(28)24(22)29)25-13-12-20(18-8-4-2-5-9-18)19-10-6-3-7-11-19/h2-11,20,25H,12-17H2,1H3. The van der Waals surface area contributed by atoms with E-state index >= 15 is 0 Å². The molecule has 1 N–H and O–H groups in total. The van der Waals surface area contributed by atoms with Gasteiger partial charge in [0.2, 0.25) is 0 Å². The van der Waals surface area contributed by atoms with Crippen LogP contribution in [0.3, 0.4) is 0 Å². The van der Waals surface area contributed by atoms with E-state index in [1.807, 2.05) is 12.1 Å². The Kier molecular flexibility index (Phi) is 5.76. The SMILES string of the molecule is CN1CCN(c2c(NCCC(c3ccccc3)c3ccccc3)c(=O)c2=O)CC1. The first kappa shape index (κ1) is 19.4. The van der Waals surface area contributed by atoms with Crippen molar-refractivity contribution in [1.29, 1.82) is 0 Å². The second-order valence-electron chi connectivity index (χ2n) is 7.76. The molecular formula is C24H27N3O2. The van der Waals surface area contributed by atoms with Crippen molar-refractivity contribution in [2.45, 2.75) is 12.3 Å². The molecule has 1 saturated heterocycles. The van der Waals surface area contributed by atoms with Crippen LogP contribution in [0.15, 0.2) is 70.3 Å². The Hall–Kier alpha value is -2.92. The predicted octanol–water partition coefficient (Wildman–Crippen LogP) is 2.67. The summed E-state index contributed by atoms with van der Waals surface area (Å²) in [6.45, 7) is 4.02. The molecule has 3 aromatic carbocycles. The maximum Gasteiger partial charge on any atom is 0.253 e. The maximum absolute atomic E-state index is 12.2. The third kappa shape index (κ3) is 4.10. The average Bonchev–Trinajstić information content (AvgIpc) is 2.77. The van der Waals surface area contributed by atoms with Gasteiger partial charge < -0.3 is 15.1 Å². The van der Waals surface area contributed by atoms with E-state index in [1.54, 1.807) is 0 Å². The van der Waals surface area contributed by atoms with Gasteiger partial charge in [-0.2, -0.15) is 0 Å². The summed E-state index contributed by atoms with van der Waals surface area (Å²) in [5, 5.41) is 3.28. The normalized spacial score (nSPS) is 15.2. The van der Waals surface area contributed by atoms with E-state index in [0.29, 0.717) is 17.9 Å². The Labute approximate surface area is 171 Å². The molecule has 5 heteroatoms. The highest BCUT2D eigenvalue weighted by Crippen LogP contribution is 2.28. The molecule has 0 atom stereocenters. The molecule has 1 aliphatic heterocycles. The molecule has 3 aromatic rings. The molecule has 0 unspecified atom stereocenters. The van der Waals surface area contributed by atoms with Crippen LogP contribution >= 0.6 is 0 Å². The van der Waals surface area contributed by atoms with Crippen molar-refractivity contribution in [3.05, 3.63) is 92.2 Å². The number of hydrogen-bond acceptors (Lipinski definition) is 5. The molecule has 5 nitrogen and oxygen atoms in total. The first-order valence-electron chi connectivity index (χ1n) is 10.3. The van der Waals surface area contributed by atoms with E-state index in [-0.39, 0.29) is 16.8 Å². The van der Waals surface area contributed by atoms with E-state index < -0.39 is 0 Å². The Morgan fingerprint density at radius 2 is 1.38 bits per heavy atom. The highest BCUT2D eigenvalue weighted by Gasteiger charge is 2.27. The summed E-state index contributed by atoms with van der Waals surface area (Å²) in [6.07, 6.45) is 0.842. The number of rotatable bonds is 7. The lowest BCUT2D eigenvalue weighted by molar-refractivity contribution is 0.312. The molecule has 29 heavy (non-hydrogen) atoms. The molecule has 0 radical (unpaired) electrons. The third-order valence-corrected chi connectivity index (χ3v) is 5.84. The van der Waals surface area contributed by atoms with Crippen LogP contribution in [-0.2, 0) is 0 Å². The van der Waals surface area contributed by atoms with Crippen molar-refractivity contribution in [1.82, 2.24) is 4.90 Å². The lowest BCUT2D eigenvalue weighted by Gasteiger charge is -2.35. The van der Waals surface area contributed by atoms with Gasteiger partial charge in [-0.25, -0.2) is 0 Å². The fraction of sp³-hybridized carbons (Fsp3) is 0.333. The summed E-state index contributed by atoms with van der Waals surface area (Å²) in [4.78, 5) is 28.7. The Balaban J connectivity index is 1.47. The van der Waals surface area contributed by atoms with Crippen molar-refractivity contribution >= 4 is 11.4 Å². The fourth-order valence-electron chi connectivity index (χ4n) is 4.11. The molecule has 0 spiro atoms. The van der Waals surface area contributed by atoms with Gasteiger partial charge in [0.15, 0.2) is 0 Å². The first-order valence-corrected chi connectivity index (χ1v) is 10.3. The molecule has 1 heterocycles. The number of piperazine rings is 1. The monoisotopic (exact) mass is 389 g/mol. The van der Waals surface area contributed by atoms with Crippen LogP contribution in [0.4, 0.5) is 11.4 Å². The summed E-state index contributed by atoms with van der Waals surface area (Å²) < 4.78 is 0. The second-order valence-corrected chi connectivity index (χ2v) is 7.76. The van der Waals surface area contributed by atoms with Gasteiger partial charge in [-0.3, -0.25) is 9.59 Å². The van der Waals surface area contributed by atoms with Crippen LogP contribution in [0.2, 0.25) is 0 Å². The van der Waals surface area contributed by atoms with Crippen molar-refractivity contribution in [3.63, 3.8) is 0 Å². The zero-order valence-corrected chi connectivity index (χ0v) is 16.8. The van der Waals surface area contributed by atoms with Gasteiger partial charge in [0, 0.05) is 38.6 Å². The van der Waals surface area contributed by atoms with Gasteiger partial charge in [0.05, 0.1) is 0 Å². The first-order chi connectivity index (χ1) is 14.1. The summed E-state index contributed by atoms with van der Waals surface area (Å²) >= 11 is 0. The van der Waals surface area contributed by atoms with Crippen LogP contribution < -0.4 is 21.1 Å². The Bertz CT molecular complexity index is 962. The largest absolute Gasteiger partial charge is 0.380 e. The maximum atomic E-state index is 12.2. The van der Waals surface area contributed by atoms with E-state index in [2.05, 4.69) is 70.7 Å². The molecule has 0 aromatic heterocycles. The molecule has 150 valence electrons. The van der Waals surface area contributed by atoms with E-state index in [1.165, 1.54) is 11.1 Å². The van der Waals surface area contributed by atoms with Crippen LogP contribution in [0.25, 0.3) is 0 Å². The van der Waals surface area contributed by atoms with E-state index in [9.17, 15) is 9.59 Å². The number of hydrogen-bond donors (Lipinski definition) is 1. The van der Waals surface area contributed by atoms with Crippen LogP contribution in [0.1, 0.15) is 23.5 Å². The van der Waals surface area contributed by atoms with Gasteiger partial charge in [-0.1, -0.05) is 60.7 Å². The zero-order chi connectivity index (χ0) is 20.2. The smallest absolute Gasteiger partial charge is 0.253 e. The molecule has 0 aliphatic carbocycles. The molecule has 1 fully saturated rings. The number of benzene rings is 2. The van der Waals surface area contributed by atoms with Crippen molar-refractivity contribution in [2.75, 3.05) is 50.0 Å². The van der Waals surface area contributed by atoms with Gasteiger partial charge in [-0.05, 0) is 24.6 Å².